The Hall–Kier alpha value is -1.13. The van der Waals surface area contributed by atoms with E-state index in [0.29, 0.717) is 10.6 Å². The molecule has 0 radical (unpaired) electrons. The van der Waals surface area contributed by atoms with Crippen LogP contribution in [0.15, 0.2) is 18.2 Å². The summed E-state index contributed by atoms with van der Waals surface area (Å²) in [5.74, 6) is 0. The summed E-state index contributed by atoms with van der Waals surface area (Å²) >= 11 is 5.82. The van der Waals surface area contributed by atoms with Gasteiger partial charge in [-0.1, -0.05) is 31.4 Å². The first-order valence-corrected chi connectivity index (χ1v) is 5.63. The summed E-state index contributed by atoms with van der Waals surface area (Å²) in [6.07, 6.45) is 2.70. The summed E-state index contributed by atoms with van der Waals surface area (Å²) < 4.78 is 0. The van der Waals surface area contributed by atoms with Crippen molar-refractivity contribution in [2.75, 3.05) is 0 Å². The Morgan fingerprint density at radius 3 is 2.81 bits per heavy atom. The van der Waals surface area contributed by atoms with Crippen molar-refractivity contribution in [1.29, 1.82) is 0 Å². The number of rotatable bonds is 5. The molecule has 1 rings (SSSR count). The fourth-order valence-corrected chi connectivity index (χ4v) is 1.75. The molecule has 0 saturated carbocycles. The van der Waals surface area contributed by atoms with E-state index in [4.69, 9.17) is 17.3 Å². The number of nitrogens with zero attached hydrogens (tertiary/aromatic N) is 1. The van der Waals surface area contributed by atoms with Crippen LogP contribution in [0.4, 0.5) is 5.69 Å². The topological polar surface area (TPSA) is 69.2 Å². The maximum absolute atomic E-state index is 10.8. The Bertz CT molecular complexity index is 382. The molecular formula is C11H15ClN2O2. The highest BCUT2D eigenvalue weighted by Crippen LogP contribution is 2.29. The fourth-order valence-electron chi connectivity index (χ4n) is 1.57. The van der Waals surface area contributed by atoms with Gasteiger partial charge >= 0.3 is 0 Å². The lowest BCUT2D eigenvalue weighted by atomic mass is 10.0. The summed E-state index contributed by atoms with van der Waals surface area (Å²) in [6.45, 7) is 2.05. The lowest BCUT2D eigenvalue weighted by molar-refractivity contribution is -0.385. The van der Waals surface area contributed by atoms with Crippen molar-refractivity contribution in [1.82, 2.24) is 0 Å². The van der Waals surface area contributed by atoms with E-state index in [0.717, 1.165) is 19.3 Å². The van der Waals surface area contributed by atoms with Gasteiger partial charge in [-0.15, -0.1) is 0 Å². The van der Waals surface area contributed by atoms with Gasteiger partial charge in [-0.25, -0.2) is 0 Å². The van der Waals surface area contributed by atoms with Crippen LogP contribution >= 0.6 is 11.6 Å². The number of hydrogen-bond donors (Lipinski definition) is 1. The number of nitro groups is 1. The third kappa shape index (κ3) is 3.18. The van der Waals surface area contributed by atoms with Crippen LogP contribution in [-0.2, 0) is 0 Å². The van der Waals surface area contributed by atoms with Crippen LogP contribution < -0.4 is 5.73 Å². The van der Waals surface area contributed by atoms with Crippen LogP contribution in [0, 0.1) is 10.1 Å². The van der Waals surface area contributed by atoms with E-state index in [1.54, 1.807) is 6.07 Å². The normalized spacial score (nSPS) is 12.4. The van der Waals surface area contributed by atoms with Crippen molar-refractivity contribution in [2.24, 2.45) is 5.73 Å². The van der Waals surface area contributed by atoms with E-state index < -0.39 is 4.92 Å². The summed E-state index contributed by atoms with van der Waals surface area (Å²) in [4.78, 5) is 10.4. The number of hydrogen-bond acceptors (Lipinski definition) is 3. The second kappa shape index (κ2) is 5.82. The highest BCUT2D eigenvalue weighted by molar-refractivity contribution is 6.30. The highest BCUT2D eigenvalue weighted by atomic mass is 35.5. The average molecular weight is 243 g/mol. The predicted octanol–water partition coefficient (Wildman–Crippen LogP) is 3.44. The van der Waals surface area contributed by atoms with E-state index in [1.807, 2.05) is 0 Å². The summed E-state index contributed by atoms with van der Waals surface area (Å²) in [6, 6.07) is 4.18. The molecule has 0 saturated heterocycles. The van der Waals surface area contributed by atoms with Gasteiger partial charge < -0.3 is 5.73 Å². The zero-order valence-corrected chi connectivity index (χ0v) is 9.91. The molecule has 0 amide bonds. The van der Waals surface area contributed by atoms with Gasteiger partial charge in [-0.2, -0.15) is 0 Å². The summed E-state index contributed by atoms with van der Waals surface area (Å²) in [5, 5.41) is 11.3. The van der Waals surface area contributed by atoms with Crippen molar-refractivity contribution >= 4 is 17.3 Å². The molecule has 0 spiro atoms. The van der Waals surface area contributed by atoms with Gasteiger partial charge in [0, 0.05) is 22.7 Å². The summed E-state index contributed by atoms with van der Waals surface area (Å²) in [7, 11) is 0. The number of benzene rings is 1. The van der Waals surface area contributed by atoms with Crippen molar-refractivity contribution in [2.45, 2.75) is 32.2 Å². The first-order valence-electron chi connectivity index (χ1n) is 5.25. The molecule has 4 nitrogen and oxygen atoms in total. The molecule has 16 heavy (non-hydrogen) atoms. The minimum Gasteiger partial charge on any atom is -0.324 e. The largest absolute Gasteiger partial charge is 0.324 e. The highest BCUT2D eigenvalue weighted by Gasteiger charge is 2.19. The van der Waals surface area contributed by atoms with Crippen LogP contribution in [-0.4, -0.2) is 4.92 Å². The minimum atomic E-state index is -0.419. The first kappa shape index (κ1) is 12.9. The van der Waals surface area contributed by atoms with E-state index in [2.05, 4.69) is 6.92 Å². The number of halogens is 1. The molecule has 0 fully saturated rings. The lowest BCUT2D eigenvalue weighted by Crippen LogP contribution is -2.12. The molecule has 0 heterocycles. The molecule has 0 aliphatic carbocycles. The van der Waals surface area contributed by atoms with Gasteiger partial charge in [-0.3, -0.25) is 10.1 Å². The molecule has 0 unspecified atom stereocenters. The van der Waals surface area contributed by atoms with Crippen molar-refractivity contribution in [3.8, 4) is 0 Å². The zero-order valence-electron chi connectivity index (χ0n) is 9.15. The third-order valence-corrected chi connectivity index (χ3v) is 2.69. The van der Waals surface area contributed by atoms with Crippen LogP contribution in [0.1, 0.15) is 37.8 Å². The minimum absolute atomic E-state index is 0.0491. The van der Waals surface area contributed by atoms with E-state index in [9.17, 15) is 10.1 Å². The zero-order chi connectivity index (χ0) is 12.1. The van der Waals surface area contributed by atoms with E-state index in [1.165, 1.54) is 12.1 Å². The van der Waals surface area contributed by atoms with Crippen LogP contribution in [0.25, 0.3) is 0 Å². The van der Waals surface area contributed by atoms with Gasteiger partial charge in [0.15, 0.2) is 0 Å². The molecule has 1 aromatic carbocycles. The Balaban J connectivity index is 2.99. The lowest BCUT2D eigenvalue weighted by Gasteiger charge is -2.11. The molecule has 88 valence electrons. The van der Waals surface area contributed by atoms with Gasteiger partial charge in [-0.05, 0) is 18.6 Å². The maximum atomic E-state index is 10.8. The van der Waals surface area contributed by atoms with Gasteiger partial charge in [0.05, 0.1) is 4.92 Å². The molecule has 1 atom stereocenters. The molecule has 0 aliphatic rings. The van der Waals surface area contributed by atoms with Crippen LogP contribution in [0.5, 0.6) is 0 Å². The molecule has 0 aliphatic heterocycles. The number of unbranched alkanes of at least 4 members (excludes halogenated alkanes) is 1. The van der Waals surface area contributed by atoms with Gasteiger partial charge in [0.1, 0.15) is 0 Å². The van der Waals surface area contributed by atoms with Gasteiger partial charge in [0.2, 0.25) is 0 Å². The fraction of sp³-hybridized carbons (Fsp3) is 0.455. The first-order chi connectivity index (χ1) is 7.56. The smallest absolute Gasteiger partial charge is 0.274 e. The molecule has 1 aromatic rings. The Labute approximate surface area is 99.6 Å². The molecular weight excluding hydrogens is 228 g/mol. The van der Waals surface area contributed by atoms with Crippen LogP contribution in [0.3, 0.4) is 0 Å². The Morgan fingerprint density at radius 1 is 1.56 bits per heavy atom. The maximum Gasteiger partial charge on any atom is 0.274 e. The number of nitro benzene ring substituents is 1. The second-order valence-electron chi connectivity index (χ2n) is 3.71. The monoisotopic (exact) mass is 242 g/mol. The molecule has 0 bridgehead atoms. The molecule has 2 N–H and O–H groups in total. The summed E-state index contributed by atoms with van der Waals surface area (Å²) in [5.41, 5.74) is 6.49. The third-order valence-electron chi connectivity index (χ3n) is 2.45. The van der Waals surface area contributed by atoms with Crippen molar-refractivity contribution in [3.05, 3.63) is 38.9 Å². The van der Waals surface area contributed by atoms with E-state index >= 15 is 0 Å². The SMILES string of the molecule is CCCC[C@@H](N)c1cc(Cl)ccc1[N+](=O)[O-]. The van der Waals surface area contributed by atoms with Crippen LogP contribution in [0.2, 0.25) is 5.02 Å². The van der Waals surface area contributed by atoms with Crippen molar-refractivity contribution in [3.63, 3.8) is 0 Å². The molecule has 0 aromatic heterocycles. The number of nitrogens with two attached hydrogens (primary N) is 1. The van der Waals surface area contributed by atoms with E-state index in [-0.39, 0.29) is 11.7 Å². The molecule has 5 heteroatoms. The Kier molecular flexibility index (Phi) is 4.71. The standard InChI is InChI=1S/C11H15ClN2O2/c1-2-3-4-10(13)9-7-8(12)5-6-11(9)14(15)16/h5-7,10H,2-4,13H2,1H3/t10-/m1/s1. The Morgan fingerprint density at radius 2 is 2.25 bits per heavy atom. The second-order valence-corrected chi connectivity index (χ2v) is 4.15. The van der Waals surface area contributed by atoms with Gasteiger partial charge in [0.25, 0.3) is 5.69 Å². The van der Waals surface area contributed by atoms with Crippen molar-refractivity contribution < 1.29 is 4.92 Å². The predicted molar refractivity (Wildman–Crippen MR) is 64.6 cm³/mol. The quantitative estimate of drug-likeness (QED) is 0.635. The average Bonchev–Trinajstić information content (AvgIpc) is 2.25.